The molecule has 1 N–H and O–H groups in total. The normalized spacial score (nSPS) is 10.8. The zero-order chi connectivity index (χ0) is 12.5. The molecule has 0 aliphatic carbocycles. The molecule has 6 nitrogen and oxygen atoms in total. The molecule has 0 saturated heterocycles. The van der Waals surface area contributed by atoms with Gasteiger partial charge in [-0.05, 0) is 24.3 Å². The number of anilines is 2. The minimum atomic E-state index is 0.621. The van der Waals surface area contributed by atoms with Crippen molar-refractivity contribution in [2.24, 2.45) is 7.05 Å². The number of nitrogens with zero attached hydrogens (tertiary/aromatic N) is 5. The highest BCUT2D eigenvalue weighted by Crippen LogP contribution is 2.21. The minimum Gasteiger partial charge on any atom is -0.338 e. The molecule has 0 bridgehead atoms. The van der Waals surface area contributed by atoms with Crippen LogP contribution in [-0.2, 0) is 7.05 Å². The fourth-order valence-electron chi connectivity index (χ4n) is 1.61. The molecule has 0 spiro atoms. The van der Waals surface area contributed by atoms with Gasteiger partial charge in [0.05, 0.1) is 0 Å². The van der Waals surface area contributed by atoms with Gasteiger partial charge in [0.2, 0.25) is 0 Å². The van der Waals surface area contributed by atoms with Crippen LogP contribution in [0.1, 0.15) is 0 Å². The maximum Gasteiger partial charge on any atom is 0.183 e. The van der Waals surface area contributed by atoms with E-state index in [4.69, 9.17) is 11.6 Å². The van der Waals surface area contributed by atoms with Crippen LogP contribution in [0.15, 0.2) is 30.6 Å². The highest BCUT2D eigenvalue weighted by molar-refractivity contribution is 6.30. The lowest BCUT2D eigenvalue weighted by atomic mass is 10.3. The summed E-state index contributed by atoms with van der Waals surface area (Å²) in [5, 5.41) is 11.8. The zero-order valence-corrected chi connectivity index (χ0v) is 10.3. The van der Waals surface area contributed by atoms with Crippen LogP contribution in [0.3, 0.4) is 0 Å². The molecule has 7 heteroatoms. The number of nitrogens with one attached hydrogen (secondary N) is 1. The predicted octanol–water partition coefficient (Wildman–Crippen LogP) is 2.16. The molecule has 18 heavy (non-hydrogen) atoms. The Balaban J connectivity index is 2.02. The van der Waals surface area contributed by atoms with E-state index in [0.717, 1.165) is 5.69 Å². The van der Waals surface area contributed by atoms with Crippen LogP contribution < -0.4 is 5.32 Å². The Kier molecular flexibility index (Phi) is 2.56. The van der Waals surface area contributed by atoms with E-state index in [0.29, 0.717) is 22.0 Å². The van der Waals surface area contributed by atoms with E-state index in [9.17, 15) is 0 Å². The van der Waals surface area contributed by atoms with E-state index in [1.165, 1.54) is 6.33 Å². The van der Waals surface area contributed by atoms with Crippen LogP contribution in [-0.4, -0.2) is 25.0 Å². The van der Waals surface area contributed by atoms with Crippen LogP contribution in [0, 0.1) is 0 Å². The van der Waals surface area contributed by atoms with Crippen molar-refractivity contribution in [1.29, 1.82) is 0 Å². The first-order chi connectivity index (χ1) is 8.74. The van der Waals surface area contributed by atoms with Crippen molar-refractivity contribution in [3.05, 3.63) is 35.6 Å². The summed E-state index contributed by atoms with van der Waals surface area (Å²) >= 11 is 5.83. The standard InChI is InChI=1S/C11H9ClN6/c1-18-11-9(16-17-18)10(13-6-14-11)15-8-4-2-7(12)3-5-8/h2-6H,1H3,(H,13,14,15). The Morgan fingerprint density at radius 1 is 1.17 bits per heavy atom. The van der Waals surface area contributed by atoms with Crippen molar-refractivity contribution >= 4 is 34.3 Å². The first-order valence-electron chi connectivity index (χ1n) is 5.27. The molecule has 0 unspecified atom stereocenters. The van der Waals surface area contributed by atoms with Gasteiger partial charge in [0.1, 0.15) is 6.33 Å². The van der Waals surface area contributed by atoms with Crippen LogP contribution in [0.4, 0.5) is 11.5 Å². The summed E-state index contributed by atoms with van der Waals surface area (Å²) < 4.78 is 1.60. The first-order valence-corrected chi connectivity index (χ1v) is 5.65. The fraction of sp³-hybridized carbons (Fsp3) is 0.0909. The Morgan fingerprint density at radius 2 is 1.94 bits per heavy atom. The summed E-state index contributed by atoms with van der Waals surface area (Å²) in [7, 11) is 1.79. The summed E-state index contributed by atoms with van der Waals surface area (Å²) in [4.78, 5) is 8.29. The average molecular weight is 261 g/mol. The zero-order valence-electron chi connectivity index (χ0n) is 9.50. The summed E-state index contributed by atoms with van der Waals surface area (Å²) in [5.74, 6) is 0.621. The van der Waals surface area contributed by atoms with Crippen LogP contribution in [0.25, 0.3) is 11.2 Å². The number of hydrogen-bond donors (Lipinski definition) is 1. The lowest BCUT2D eigenvalue weighted by molar-refractivity contribution is 0.729. The molecular weight excluding hydrogens is 252 g/mol. The van der Waals surface area contributed by atoms with E-state index in [1.54, 1.807) is 23.9 Å². The number of hydrogen-bond acceptors (Lipinski definition) is 5. The molecule has 2 aromatic heterocycles. The van der Waals surface area contributed by atoms with E-state index < -0.39 is 0 Å². The summed E-state index contributed by atoms with van der Waals surface area (Å²) in [6.07, 6.45) is 1.48. The van der Waals surface area contributed by atoms with Crippen molar-refractivity contribution in [2.45, 2.75) is 0 Å². The Labute approximate surface area is 108 Å². The third-order valence-electron chi connectivity index (χ3n) is 2.50. The monoisotopic (exact) mass is 260 g/mol. The molecule has 0 radical (unpaired) electrons. The minimum absolute atomic E-state index is 0.621. The van der Waals surface area contributed by atoms with E-state index in [1.807, 2.05) is 12.1 Å². The van der Waals surface area contributed by atoms with Crippen molar-refractivity contribution in [3.63, 3.8) is 0 Å². The molecule has 3 rings (SSSR count). The average Bonchev–Trinajstić information content (AvgIpc) is 2.76. The maximum atomic E-state index is 5.83. The summed E-state index contributed by atoms with van der Waals surface area (Å²) in [6, 6.07) is 7.34. The lowest BCUT2D eigenvalue weighted by Crippen LogP contribution is -1.97. The third kappa shape index (κ3) is 1.86. The van der Waals surface area contributed by atoms with E-state index in [2.05, 4.69) is 25.6 Å². The second-order valence-corrected chi connectivity index (χ2v) is 4.18. The van der Waals surface area contributed by atoms with Gasteiger partial charge in [0, 0.05) is 17.8 Å². The first kappa shape index (κ1) is 10.9. The van der Waals surface area contributed by atoms with Crippen molar-refractivity contribution in [3.8, 4) is 0 Å². The number of rotatable bonds is 2. The van der Waals surface area contributed by atoms with E-state index >= 15 is 0 Å². The van der Waals surface area contributed by atoms with Gasteiger partial charge < -0.3 is 5.32 Å². The number of aromatic nitrogens is 5. The molecule has 0 atom stereocenters. The van der Waals surface area contributed by atoms with Gasteiger partial charge in [-0.15, -0.1) is 5.10 Å². The molecule has 0 amide bonds. The highest BCUT2D eigenvalue weighted by atomic mass is 35.5. The molecule has 3 aromatic rings. The molecule has 0 aliphatic rings. The van der Waals surface area contributed by atoms with Crippen LogP contribution in [0.5, 0.6) is 0 Å². The topological polar surface area (TPSA) is 68.5 Å². The van der Waals surface area contributed by atoms with Gasteiger partial charge >= 0.3 is 0 Å². The molecule has 2 heterocycles. The number of aryl methyl sites for hydroxylation is 1. The maximum absolute atomic E-state index is 5.83. The third-order valence-corrected chi connectivity index (χ3v) is 2.75. The second kappa shape index (κ2) is 4.23. The van der Waals surface area contributed by atoms with Crippen molar-refractivity contribution < 1.29 is 0 Å². The quantitative estimate of drug-likeness (QED) is 0.765. The van der Waals surface area contributed by atoms with Gasteiger partial charge in [-0.1, -0.05) is 16.8 Å². The van der Waals surface area contributed by atoms with Gasteiger partial charge in [-0.2, -0.15) is 0 Å². The van der Waals surface area contributed by atoms with Crippen LogP contribution in [0.2, 0.25) is 5.02 Å². The Bertz CT molecular complexity index is 690. The highest BCUT2D eigenvalue weighted by Gasteiger charge is 2.09. The number of benzene rings is 1. The summed E-state index contributed by atoms with van der Waals surface area (Å²) in [6.45, 7) is 0. The number of fused-ring (bicyclic) bond motifs is 1. The fourth-order valence-corrected chi connectivity index (χ4v) is 1.74. The lowest BCUT2D eigenvalue weighted by Gasteiger charge is -2.05. The Hall–Kier alpha value is -2.21. The molecular formula is C11H9ClN6. The number of halogens is 1. The van der Waals surface area contributed by atoms with Gasteiger partial charge in [0.25, 0.3) is 0 Å². The van der Waals surface area contributed by atoms with Gasteiger partial charge in [-0.25, -0.2) is 14.6 Å². The molecule has 0 aliphatic heterocycles. The summed E-state index contributed by atoms with van der Waals surface area (Å²) in [5.41, 5.74) is 2.20. The van der Waals surface area contributed by atoms with E-state index in [-0.39, 0.29) is 0 Å². The van der Waals surface area contributed by atoms with Crippen LogP contribution >= 0.6 is 11.6 Å². The Morgan fingerprint density at radius 3 is 2.72 bits per heavy atom. The molecule has 90 valence electrons. The smallest absolute Gasteiger partial charge is 0.183 e. The van der Waals surface area contributed by atoms with Gasteiger partial charge in [-0.3, -0.25) is 0 Å². The molecule has 0 fully saturated rings. The largest absolute Gasteiger partial charge is 0.338 e. The SMILES string of the molecule is Cn1nnc2c(Nc3ccc(Cl)cc3)ncnc21. The van der Waals surface area contributed by atoms with Gasteiger partial charge in [0.15, 0.2) is 17.0 Å². The van der Waals surface area contributed by atoms with Crippen molar-refractivity contribution in [1.82, 2.24) is 25.0 Å². The second-order valence-electron chi connectivity index (χ2n) is 3.74. The molecule has 0 saturated carbocycles. The molecule has 1 aromatic carbocycles. The predicted molar refractivity (Wildman–Crippen MR) is 68.8 cm³/mol. The van der Waals surface area contributed by atoms with Crippen molar-refractivity contribution in [2.75, 3.05) is 5.32 Å².